The molecule has 0 unspecified atom stereocenters. The van der Waals surface area contributed by atoms with Crippen LogP contribution in [0.5, 0.6) is 0 Å². The second-order valence-electron chi connectivity index (χ2n) is 2.80. The molecule has 0 aromatic heterocycles. The lowest BCUT2D eigenvalue weighted by atomic mass is 9.93. The van der Waals surface area contributed by atoms with E-state index in [1.807, 2.05) is 12.1 Å². The van der Waals surface area contributed by atoms with E-state index in [0.717, 1.165) is 6.42 Å². The Kier molecular flexibility index (Phi) is 2.08. The zero-order valence-corrected chi connectivity index (χ0v) is 6.83. The van der Waals surface area contributed by atoms with Crippen molar-refractivity contribution >= 4 is 0 Å². The predicted octanol–water partition coefficient (Wildman–Crippen LogP) is 2.93. The Bertz CT molecular complexity index is 293. The maximum atomic E-state index is 3.06. The maximum Gasteiger partial charge on any atom is 0.0304 e. The van der Waals surface area contributed by atoms with Gasteiger partial charge in [0.05, 0.1) is 0 Å². The SMILES string of the molecule is [C]1=CC[C](c2ccccc2)C=C1. The van der Waals surface area contributed by atoms with Crippen LogP contribution in [0.1, 0.15) is 12.0 Å². The van der Waals surface area contributed by atoms with Crippen molar-refractivity contribution in [2.24, 2.45) is 0 Å². The Balaban J connectivity index is 2.21. The molecule has 0 saturated heterocycles. The summed E-state index contributed by atoms with van der Waals surface area (Å²) in [5, 5.41) is 0. The van der Waals surface area contributed by atoms with Gasteiger partial charge in [0.25, 0.3) is 0 Å². The van der Waals surface area contributed by atoms with Gasteiger partial charge in [-0.15, -0.1) is 0 Å². The average molecular weight is 154 g/mol. The predicted molar refractivity (Wildman–Crippen MR) is 50.4 cm³/mol. The molecule has 2 radical (unpaired) electrons. The van der Waals surface area contributed by atoms with Crippen molar-refractivity contribution in [3.8, 4) is 0 Å². The Morgan fingerprint density at radius 1 is 1.08 bits per heavy atom. The fraction of sp³-hybridized carbons (Fsp3) is 0.0833. The minimum Gasteiger partial charge on any atom is -0.0754 e. The van der Waals surface area contributed by atoms with Gasteiger partial charge in [-0.05, 0) is 18.1 Å². The summed E-state index contributed by atoms with van der Waals surface area (Å²) in [5.74, 6) is 1.37. The van der Waals surface area contributed by atoms with Gasteiger partial charge in [-0.2, -0.15) is 0 Å². The quantitative estimate of drug-likeness (QED) is 0.583. The van der Waals surface area contributed by atoms with E-state index in [0.29, 0.717) is 0 Å². The Hall–Kier alpha value is -1.30. The van der Waals surface area contributed by atoms with Crippen molar-refractivity contribution in [2.45, 2.75) is 6.42 Å². The fourth-order valence-electron chi connectivity index (χ4n) is 1.32. The monoisotopic (exact) mass is 154 g/mol. The van der Waals surface area contributed by atoms with Crippen LogP contribution in [0, 0.1) is 12.0 Å². The molecule has 1 aromatic carbocycles. The van der Waals surface area contributed by atoms with E-state index in [-0.39, 0.29) is 0 Å². The van der Waals surface area contributed by atoms with Gasteiger partial charge in [0, 0.05) is 5.92 Å². The van der Waals surface area contributed by atoms with E-state index < -0.39 is 0 Å². The number of rotatable bonds is 1. The van der Waals surface area contributed by atoms with Gasteiger partial charge >= 0.3 is 0 Å². The Labute approximate surface area is 73.2 Å². The molecule has 0 nitrogen and oxygen atoms in total. The van der Waals surface area contributed by atoms with Gasteiger partial charge < -0.3 is 0 Å². The molecule has 0 saturated carbocycles. The second kappa shape index (κ2) is 3.40. The van der Waals surface area contributed by atoms with Crippen LogP contribution in [0.3, 0.4) is 0 Å². The summed E-state index contributed by atoms with van der Waals surface area (Å²) >= 11 is 0. The molecular formula is C12H10. The van der Waals surface area contributed by atoms with Crippen molar-refractivity contribution in [1.82, 2.24) is 0 Å². The molecule has 1 aliphatic carbocycles. The van der Waals surface area contributed by atoms with Crippen molar-refractivity contribution in [1.29, 1.82) is 0 Å². The summed E-state index contributed by atoms with van der Waals surface area (Å²) in [5.41, 5.74) is 1.31. The van der Waals surface area contributed by atoms with Crippen LogP contribution in [0.25, 0.3) is 0 Å². The summed E-state index contributed by atoms with van der Waals surface area (Å²) in [6.45, 7) is 0. The van der Waals surface area contributed by atoms with Gasteiger partial charge in [-0.25, -0.2) is 0 Å². The Morgan fingerprint density at radius 2 is 1.92 bits per heavy atom. The number of hydrogen-bond donors (Lipinski definition) is 0. The lowest BCUT2D eigenvalue weighted by molar-refractivity contribution is 1.09. The van der Waals surface area contributed by atoms with E-state index in [9.17, 15) is 0 Å². The fourth-order valence-corrected chi connectivity index (χ4v) is 1.32. The maximum absolute atomic E-state index is 3.06. The van der Waals surface area contributed by atoms with Crippen LogP contribution < -0.4 is 0 Å². The van der Waals surface area contributed by atoms with Crippen molar-refractivity contribution in [3.05, 3.63) is 66.1 Å². The summed E-state index contributed by atoms with van der Waals surface area (Å²) in [4.78, 5) is 0. The van der Waals surface area contributed by atoms with Crippen LogP contribution in [0.2, 0.25) is 0 Å². The van der Waals surface area contributed by atoms with Crippen LogP contribution in [-0.2, 0) is 0 Å². The molecular weight excluding hydrogens is 144 g/mol. The average Bonchev–Trinajstić information content (AvgIpc) is 2.21. The molecule has 58 valence electrons. The normalized spacial score (nSPS) is 16.7. The molecule has 0 heteroatoms. The highest BCUT2D eigenvalue weighted by molar-refractivity contribution is 5.40. The standard InChI is InChI=1S/C12H10/c1-3-7-11(8-4-1)12-9-5-2-6-10-12/h1,3-9H,10H2. The molecule has 0 fully saturated rings. The largest absolute Gasteiger partial charge is 0.0754 e. The van der Waals surface area contributed by atoms with Gasteiger partial charge in [0.2, 0.25) is 0 Å². The highest BCUT2D eigenvalue weighted by Gasteiger charge is 2.07. The molecule has 0 bridgehead atoms. The first-order valence-electron chi connectivity index (χ1n) is 4.12. The molecule has 0 heterocycles. The van der Waals surface area contributed by atoms with Crippen molar-refractivity contribution in [3.63, 3.8) is 0 Å². The number of benzene rings is 1. The zero-order chi connectivity index (χ0) is 8.23. The first-order chi connectivity index (χ1) is 5.97. The minimum atomic E-state index is 1.00. The summed E-state index contributed by atoms with van der Waals surface area (Å²) < 4.78 is 0. The molecule has 1 aliphatic rings. The summed E-state index contributed by atoms with van der Waals surface area (Å²) in [6, 6.07) is 10.5. The van der Waals surface area contributed by atoms with E-state index in [2.05, 4.69) is 42.5 Å². The van der Waals surface area contributed by atoms with E-state index in [1.54, 1.807) is 0 Å². The Morgan fingerprint density at radius 3 is 2.58 bits per heavy atom. The van der Waals surface area contributed by atoms with Crippen LogP contribution >= 0.6 is 0 Å². The zero-order valence-electron chi connectivity index (χ0n) is 6.83. The molecule has 12 heavy (non-hydrogen) atoms. The van der Waals surface area contributed by atoms with Crippen LogP contribution in [-0.4, -0.2) is 0 Å². The van der Waals surface area contributed by atoms with Crippen molar-refractivity contribution < 1.29 is 0 Å². The number of allylic oxidation sites excluding steroid dienone is 4. The van der Waals surface area contributed by atoms with E-state index in [4.69, 9.17) is 0 Å². The smallest absolute Gasteiger partial charge is 0.0304 e. The molecule has 2 rings (SSSR count). The molecule has 0 aliphatic heterocycles. The van der Waals surface area contributed by atoms with Gasteiger partial charge in [-0.1, -0.05) is 48.6 Å². The van der Waals surface area contributed by atoms with Gasteiger partial charge in [0.1, 0.15) is 0 Å². The molecule has 0 N–H and O–H groups in total. The number of hydrogen-bond acceptors (Lipinski definition) is 0. The van der Waals surface area contributed by atoms with E-state index >= 15 is 0 Å². The first kappa shape index (κ1) is 7.35. The highest BCUT2D eigenvalue weighted by atomic mass is 14.1. The summed E-state index contributed by atoms with van der Waals surface area (Å²) in [7, 11) is 0. The van der Waals surface area contributed by atoms with Crippen LogP contribution in [0.15, 0.2) is 48.6 Å². The molecule has 1 aromatic rings. The topological polar surface area (TPSA) is 0 Å². The van der Waals surface area contributed by atoms with Gasteiger partial charge in [-0.3, -0.25) is 0 Å². The minimum absolute atomic E-state index is 1.00. The highest BCUT2D eigenvalue weighted by Crippen LogP contribution is 2.22. The lowest BCUT2D eigenvalue weighted by Gasteiger charge is -2.11. The molecule has 0 spiro atoms. The molecule has 0 atom stereocenters. The lowest BCUT2D eigenvalue weighted by Crippen LogP contribution is -1.96. The third-order valence-corrected chi connectivity index (χ3v) is 1.97. The summed E-state index contributed by atoms with van der Waals surface area (Å²) in [6.07, 6.45) is 10.2. The third-order valence-electron chi connectivity index (χ3n) is 1.97. The third kappa shape index (κ3) is 1.48. The van der Waals surface area contributed by atoms with Crippen molar-refractivity contribution in [2.75, 3.05) is 0 Å². The second-order valence-corrected chi connectivity index (χ2v) is 2.80. The van der Waals surface area contributed by atoms with Gasteiger partial charge in [0.15, 0.2) is 0 Å². The molecule has 0 amide bonds. The first-order valence-corrected chi connectivity index (χ1v) is 4.12. The van der Waals surface area contributed by atoms with E-state index in [1.165, 1.54) is 11.5 Å². The van der Waals surface area contributed by atoms with Crippen LogP contribution in [0.4, 0.5) is 0 Å².